The summed E-state index contributed by atoms with van der Waals surface area (Å²) in [6.07, 6.45) is 9.67. The standard InChI is InChI=1S/C16H19N9O/c1-2-12-6-14(5-11(1)20-12)25-19-7-13(21-25)9-26-15-3-4-16(17-8-15)24-10-18-22-23-24/h3-4,7-8,10-12,14,20H,1-2,5-6,9H2. The summed E-state index contributed by atoms with van der Waals surface area (Å²) in [5, 5.41) is 23.7. The second kappa shape index (κ2) is 6.45. The minimum absolute atomic E-state index is 0.365. The van der Waals surface area contributed by atoms with E-state index < -0.39 is 0 Å². The predicted octanol–water partition coefficient (Wildman–Crippen LogP) is 0.683. The number of rotatable bonds is 5. The summed E-state index contributed by atoms with van der Waals surface area (Å²) in [5.74, 6) is 1.30. The molecule has 2 aliphatic rings. The van der Waals surface area contributed by atoms with E-state index in [1.54, 1.807) is 18.5 Å². The van der Waals surface area contributed by atoms with Crippen LogP contribution in [0.2, 0.25) is 0 Å². The first-order chi connectivity index (χ1) is 12.8. The lowest BCUT2D eigenvalue weighted by molar-refractivity contribution is 0.255. The van der Waals surface area contributed by atoms with Gasteiger partial charge in [-0.15, -0.1) is 5.10 Å². The second-order valence-electron chi connectivity index (χ2n) is 6.81. The second-order valence-corrected chi connectivity index (χ2v) is 6.81. The molecule has 10 nitrogen and oxygen atoms in total. The molecule has 2 saturated heterocycles. The fraction of sp³-hybridized carbons (Fsp3) is 0.500. The van der Waals surface area contributed by atoms with Crippen LogP contribution in [0.15, 0.2) is 30.9 Å². The largest absolute Gasteiger partial charge is 0.486 e. The number of hydrogen-bond acceptors (Lipinski definition) is 8. The number of nitrogens with one attached hydrogen (secondary N) is 1. The van der Waals surface area contributed by atoms with Gasteiger partial charge in [0.05, 0.1) is 18.4 Å². The predicted molar refractivity (Wildman–Crippen MR) is 89.5 cm³/mol. The van der Waals surface area contributed by atoms with Crippen LogP contribution in [0.25, 0.3) is 5.82 Å². The van der Waals surface area contributed by atoms with Gasteiger partial charge in [-0.05, 0) is 48.2 Å². The summed E-state index contributed by atoms with van der Waals surface area (Å²) in [6.45, 7) is 0.365. The first kappa shape index (κ1) is 15.4. The normalized spacial score (nSPS) is 24.7. The SMILES string of the molecule is c1cc(-n2cnnn2)ncc1OCc1cnn(C2CC3CCC(C2)N3)n1. The summed E-state index contributed by atoms with van der Waals surface area (Å²) < 4.78 is 7.26. The van der Waals surface area contributed by atoms with E-state index in [1.165, 1.54) is 23.9 Å². The van der Waals surface area contributed by atoms with Crippen molar-refractivity contribution >= 4 is 0 Å². The summed E-state index contributed by atoms with van der Waals surface area (Å²) in [4.78, 5) is 6.15. The fourth-order valence-corrected chi connectivity index (χ4v) is 3.78. The Morgan fingerprint density at radius 1 is 1.15 bits per heavy atom. The number of hydrogen-bond donors (Lipinski definition) is 1. The molecular formula is C16H19N9O. The van der Waals surface area contributed by atoms with Gasteiger partial charge in [-0.25, -0.2) is 4.98 Å². The monoisotopic (exact) mass is 353 g/mol. The zero-order valence-corrected chi connectivity index (χ0v) is 14.1. The Morgan fingerprint density at radius 2 is 2.04 bits per heavy atom. The molecule has 5 rings (SSSR count). The van der Waals surface area contributed by atoms with E-state index in [9.17, 15) is 0 Å². The lowest BCUT2D eigenvalue weighted by Crippen LogP contribution is -2.39. The van der Waals surface area contributed by atoms with Crippen LogP contribution in [0.3, 0.4) is 0 Å². The highest BCUT2D eigenvalue weighted by Gasteiger charge is 2.35. The van der Waals surface area contributed by atoms with Crippen LogP contribution in [-0.2, 0) is 6.61 Å². The van der Waals surface area contributed by atoms with Gasteiger partial charge >= 0.3 is 0 Å². The fourth-order valence-electron chi connectivity index (χ4n) is 3.78. The zero-order valence-electron chi connectivity index (χ0n) is 14.1. The number of ether oxygens (including phenoxy) is 1. The van der Waals surface area contributed by atoms with Gasteiger partial charge in [-0.2, -0.15) is 19.7 Å². The maximum Gasteiger partial charge on any atom is 0.157 e. The van der Waals surface area contributed by atoms with E-state index in [0.717, 1.165) is 18.5 Å². The molecule has 1 N–H and O–H groups in total. The Balaban J connectivity index is 1.20. The quantitative estimate of drug-likeness (QED) is 0.713. The van der Waals surface area contributed by atoms with Crippen LogP contribution in [0.4, 0.5) is 0 Å². The third kappa shape index (κ3) is 3.03. The van der Waals surface area contributed by atoms with Crippen LogP contribution in [0, 0.1) is 0 Å². The summed E-state index contributed by atoms with van der Waals surface area (Å²) in [5.41, 5.74) is 0.820. The Labute approximate surface area is 149 Å². The van der Waals surface area contributed by atoms with Gasteiger partial charge in [0, 0.05) is 12.1 Å². The molecule has 26 heavy (non-hydrogen) atoms. The third-order valence-corrected chi connectivity index (χ3v) is 5.02. The Hall–Kier alpha value is -2.88. The van der Waals surface area contributed by atoms with Crippen LogP contribution in [0.5, 0.6) is 5.75 Å². The topological polar surface area (TPSA) is 108 Å². The van der Waals surface area contributed by atoms with Crippen molar-refractivity contribution in [3.63, 3.8) is 0 Å². The van der Waals surface area contributed by atoms with Crippen LogP contribution < -0.4 is 10.1 Å². The van der Waals surface area contributed by atoms with E-state index in [2.05, 4.69) is 36.0 Å². The first-order valence-corrected chi connectivity index (χ1v) is 8.82. The molecule has 2 fully saturated rings. The highest BCUT2D eigenvalue weighted by molar-refractivity contribution is 5.27. The molecule has 0 aliphatic carbocycles. The molecular weight excluding hydrogens is 334 g/mol. The van der Waals surface area contributed by atoms with E-state index in [-0.39, 0.29) is 0 Å². The molecule has 2 atom stereocenters. The third-order valence-electron chi connectivity index (χ3n) is 5.02. The maximum atomic E-state index is 5.77. The first-order valence-electron chi connectivity index (χ1n) is 8.82. The Morgan fingerprint density at radius 3 is 2.77 bits per heavy atom. The zero-order chi connectivity index (χ0) is 17.3. The Kier molecular flexibility index (Phi) is 3.81. The summed E-state index contributed by atoms with van der Waals surface area (Å²) in [7, 11) is 0. The maximum absolute atomic E-state index is 5.77. The van der Waals surface area contributed by atoms with Gasteiger partial charge in [-0.1, -0.05) is 0 Å². The van der Waals surface area contributed by atoms with Crippen molar-refractivity contribution in [2.45, 2.75) is 50.4 Å². The molecule has 10 heteroatoms. The smallest absolute Gasteiger partial charge is 0.157 e. The Bertz CT molecular complexity index is 848. The van der Waals surface area contributed by atoms with Crippen molar-refractivity contribution in [3.05, 3.63) is 36.5 Å². The molecule has 134 valence electrons. The van der Waals surface area contributed by atoms with Crippen molar-refractivity contribution in [2.24, 2.45) is 0 Å². The molecule has 5 heterocycles. The van der Waals surface area contributed by atoms with Crippen LogP contribution >= 0.6 is 0 Å². The average molecular weight is 353 g/mol. The van der Waals surface area contributed by atoms with Gasteiger partial charge in [0.25, 0.3) is 0 Å². The van der Waals surface area contributed by atoms with Crippen molar-refractivity contribution in [1.82, 2.24) is 45.5 Å². The molecule has 3 aromatic heterocycles. The molecule has 0 aromatic carbocycles. The highest BCUT2D eigenvalue weighted by Crippen LogP contribution is 2.33. The van der Waals surface area contributed by atoms with Crippen molar-refractivity contribution in [2.75, 3.05) is 0 Å². The van der Waals surface area contributed by atoms with Crippen LogP contribution in [-0.4, -0.2) is 52.3 Å². The lowest BCUT2D eigenvalue weighted by Gasteiger charge is -2.28. The number of piperidine rings is 1. The van der Waals surface area contributed by atoms with E-state index >= 15 is 0 Å². The van der Waals surface area contributed by atoms with E-state index in [1.807, 2.05) is 10.9 Å². The number of tetrazole rings is 1. The molecule has 0 saturated carbocycles. The van der Waals surface area contributed by atoms with E-state index in [4.69, 9.17) is 4.74 Å². The average Bonchev–Trinajstić information content (AvgIpc) is 3.42. The molecule has 0 amide bonds. The molecule has 0 spiro atoms. The number of nitrogens with zero attached hydrogens (tertiary/aromatic N) is 8. The molecule has 2 bridgehead atoms. The minimum Gasteiger partial charge on any atom is -0.486 e. The highest BCUT2D eigenvalue weighted by atomic mass is 16.5. The summed E-state index contributed by atoms with van der Waals surface area (Å²) >= 11 is 0. The molecule has 2 unspecified atom stereocenters. The van der Waals surface area contributed by atoms with Crippen molar-refractivity contribution in [3.8, 4) is 11.6 Å². The van der Waals surface area contributed by atoms with Gasteiger partial charge in [0.1, 0.15) is 24.4 Å². The number of aromatic nitrogens is 8. The minimum atomic E-state index is 0.365. The number of fused-ring (bicyclic) bond motifs is 2. The molecule has 2 aliphatic heterocycles. The van der Waals surface area contributed by atoms with Crippen LogP contribution in [0.1, 0.15) is 37.4 Å². The summed E-state index contributed by atoms with van der Waals surface area (Å²) in [6, 6.07) is 5.26. The van der Waals surface area contributed by atoms with Gasteiger partial charge in [0.15, 0.2) is 5.82 Å². The molecule has 3 aromatic rings. The van der Waals surface area contributed by atoms with Gasteiger partial charge in [0.2, 0.25) is 0 Å². The van der Waals surface area contributed by atoms with Crippen molar-refractivity contribution in [1.29, 1.82) is 0 Å². The van der Waals surface area contributed by atoms with Crippen molar-refractivity contribution < 1.29 is 4.74 Å². The molecule has 0 radical (unpaired) electrons. The number of pyridine rings is 1. The van der Waals surface area contributed by atoms with Gasteiger partial charge in [-0.3, -0.25) is 0 Å². The van der Waals surface area contributed by atoms with E-state index in [0.29, 0.717) is 36.3 Å². The lowest BCUT2D eigenvalue weighted by atomic mass is 10.0. The van der Waals surface area contributed by atoms with Gasteiger partial charge < -0.3 is 10.1 Å².